The van der Waals surface area contributed by atoms with Gasteiger partial charge in [0.1, 0.15) is 12.4 Å². The molecule has 2 aromatic rings. The number of rotatable bonds is 14. The molecule has 0 heterocycles. The van der Waals surface area contributed by atoms with Crippen LogP contribution in [0.1, 0.15) is 32.1 Å². The largest absolute Gasteiger partial charge is 0.485 e. The maximum atomic E-state index is 11.2. The van der Waals surface area contributed by atoms with Crippen LogP contribution in [0.4, 0.5) is 0 Å². The first-order chi connectivity index (χ1) is 14.6. The molecule has 0 aliphatic heterocycles. The third-order valence-corrected chi connectivity index (χ3v) is 4.64. The molecule has 2 rings (SSSR count). The van der Waals surface area contributed by atoms with E-state index in [9.17, 15) is 4.79 Å². The molecule has 1 N–H and O–H groups in total. The number of benzene rings is 2. The molecule has 0 aliphatic rings. The Morgan fingerprint density at radius 1 is 1.07 bits per heavy atom. The molecule has 0 amide bonds. The molecule has 0 fully saturated rings. The maximum absolute atomic E-state index is 11.2. The van der Waals surface area contributed by atoms with Gasteiger partial charge in [-0.25, -0.2) is 0 Å². The van der Waals surface area contributed by atoms with Gasteiger partial charge >= 0.3 is 5.97 Å². The quantitative estimate of drug-likeness (QED) is 0.215. The van der Waals surface area contributed by atoms with Gasteiger partial charge in [-0.15, -0.1) is 0 Å². The molecule has 2 aromatic carbocycles. The highest BCUT2D eigenvalue weighted by atomic mass is 16.7. The summed E-state index contributed by atoms with van der Waals surface area (Å²) in [7, 11) is 5.53. The minimum atomic E-state index is -0.169. The van der Waals surface area contributed by atoms with Gasteiger partial charge in [0, 0.05) is 18.4 Å². The Hall–Kier alpha value is -2.57. The summed E-state index contributed by atoms with van der Waals surface area (Å²) >= 11 is 0. The van der Waals surface area contributed by atoms with Crippen molar-refractivity contribution >= 4 is 16.7 Å². The van der Waals surface area contributed by atoms with Crippen molar-refractivity contribution in [3.05, 3.63) is 54.3 Å². The summed E-state index contributed by atoms with van der Waals surface area (Å²) in [6.07, 6.45) is 5.94. The molecule has 164 valence electrons. The minimum Gasteiger partial charge on any atom is -0.485 e. The summed E-state index contributed by atoms with van der Waals surface area (Å²) in [5, 5.41) is 2.22. The number of esters is 1. The van der Waals surface area contributed by atoms with E-state index in [2.05, 4.69) is 47.4 Å². The Morgan fingerprint density at radius 3 is 2.67 bits per heavy atom. The lowest BCUT2D eigenvalue weighted by Crippen LogP contribution is -2.22. The zero-order chi connectivity index (χ0) is 21.6. The van der Waals surface area contributed by atoms with Crippen LogP contribution in [-0.4, -0.2) is 51.8 Å². The van der Waals surface area contributed by atoms with Crippen molar-refractivity contribution < 1.29 is 19.1 Å². The second-order valence-corrected chi connectivity index (χ2v) is 7.41. The van der Waals surface area contributed by atoms with Crippen LogP contribution >= 0.6 is 0 Å². The van der Waals surface area contributed by atoms with Gasteiger partial charge < -0.3 is 19.2 Å². The normalized spacial score (nSPS) is 11.7. The monoisotopic (exact) mass is 414 g/mol. The third kappa shape index (κ3) is 8.84. The molecule has 0 spiro atoms. The number of allylic oxidation sites excluding steroid dienone is 1. The van der Waals surface area contributed by atoms with Gasteiger partial charge in [0.2, 0.25) is 0 Å². The number of ether oxygens (including phenoxy) is 2. The van der Waals surface area contributed by atoms with Crippen LogP contribution in [0.3, 0.4) is 0 Å². The number of carbonyl (C=O) groups is 1. The zero-order valence-electron chi connectivity index (χ0n) is 18.4. The molecular weight excluding hydrogens is 380 g/mol. The van der Waals surface area contributed by atoms with Crippen molar-refractivity contribution in [2.24, 2.45) is 0 Å². The van der Waals surface area contributed by atoms with E-state index in [1.807, 2.05) is 30.3 Å². The van der Waals surface area contributed by atoms with Crippen LogP contribution in [0.2, 0.25) is 0 Å². The average Bonchev–Trinajstić information content (AvgIpc) is 2.75. The number of hydroxylamine groups is 1. The molecule has 0 unspecified atom stereocenters. The van der Waals surface area contributed by atoms with Gasteiger partial charge in [0.15, 0.2) is 5.76 Å². The lowest BCUT2D eigenvalue weighted by molar-refractivity contribution is -0.140. The number of nitrogens with zero attached hydrogens (tertiary/aromatic N) is 1. The Morgan fingerprint density at radius 2 is 1.87 bits per heavy atom. The van der Waals surface area contributed by atoms with E-state index < -0.39 is 0 Å². The van der Waals surface area contributed by atoms with Crippen molar-refractivity contribution in [1.29, 1.82) is 0 Å². The summed E-state index contributed by atoms with van der Waals surface area (Å²) in [5.41, 5.74) is 3.03. The Kier molecular flexibility index (Phi) is 10.8. The first-order valence-electron chi connectivity index (χ1n) is 10.5. The number of fused-ring (bicyclic) bond motifs is 1. The van der Waals surface area contributed by atoms with E-state index in [0.717, 1.165) is 61.1 Å². The highest BCUT2D eigenvalue weighted by molar-refractivity contribution is 5.88. The molecule has 0 atom stereocenters. The van der Waals surface area contributed by atoms with Gasteiger partial charge in [-0.2, -0.15) is 5.48 Å². The Labute approximate surface area is 179 Å². The van der Waals surface area contributed by atoms with Crippen LogP contribution in [0, 0.1) is 0 Å². The first kappa shape index (κ1) is 23.7. The standard InChI is InChI=1S/C24H34N2O4/c1-26(2)18-10-17-25-30-21(13-5-4-6-16-24(27)28-3)19-29-23-15-9-12-20-11-7-8-14-22(20)23/h7-9,11-15,25H,4-6,10,16-19H2,1-3H3/b21-13+. The molecule has 0 aromatic heterocycles. The second-order valence-electron chi connectivity index (χ2n) is 7.41. The van der Waals surface area contributed by atoms with Gasteiger partial charge in [-0.1, -0.05) is 36.4 Å². The van der Waals surface area contributed by atoms with Crippen LogP contribution in [0.15, 0.2) is 54.3 Å². The smallest absolute Gasteiger partial charge is 0.305 e. The lowest BCUT2D eigenvalue weighted by Gasteiger charge is -2.14. The first-order valence-corrected chi connectivity index (χ1v) is 10.5. The predicted octanol–water partition coefficient (Wildman–Crippen LogP) is 4.31. The van der Waals surface area contributed by atoms with E-state index in [0.29, 0.717) is 13.0 Å². The van der Waals surface area contributed by atoms with E-state index >= 15 is 0 Å². The van der Waals surface area contributed by atoms with Crippen molar-refractivity contribution in [3.8, 4) is 5.75 Å². The van der Waals surface area contributed by atoms with Crippen LogP contribution in [0.25, 0.3) is 10.8 Å². The summed E-state index contributed by atoms with van der Waals surface area (Å²) in [6.45, 7) is 2.09. The van der Waals surface area contributed by atoms with Crippen molar-refractivity contribution in [2.45, 2.75) is 32.1 Å². The maximum Gasteiger partial charge on any atom is 0.305 e. The molecule has 0 saturated heterocycles. The van der Waals surface area contributed by atoms with Crippen molar-refractivity contribution in [3.63, 3.8) is 0 Å². The highest BCUT2D eigenvalue weighted by Crippen LogP contribution is 2.25. The van der Waals surface area contributed by atoms with E-state index in [4.69, 9.17) is 9.57 Å². The number of unbranched alkanes of at least 4 members (excludes halogenated alkanes) is 2. The fourth-order valence-corrected chi connectivity index (χ4v) is 2.99. The molecule has 6 nitrogen and oxygen atoms in total. The minimum absolute atomic E-state index is 0.169. The average molecular weight is 415 g/mol. The molecule has 30 heavy (non-hydrogen) atoms. The fraction of sp³-hybridized carbons (Fsp3) is 0.458. The Balaban J connectivity index is 1.90. The molecular formula is C24H34N2O4. The zero-order valence-corrected chi connectivity index (χ0v) is 18.4. The third-order valence-electron chi connectivity index (χ3n) is 4.64. The Bertz CT molecular complexity index is 799. The molecule has 6 heteroatoms. The van der Waals surface area contributed by atoms with Gasteiger partial charge in [0.05, 0.1) is 7.11 Å². The van der Waals surface area contributed by atoms with E-state index in [-0.39, 0.29) is 5.97 Å². The summed E-state index contributed by atoms with van der Waals surface area (Å²) in [6, 6.07) is 14.2. The second kappa shape index (κ2) is 13.6. The van der Waals surface area contributed by atoms with Crippen molar-refractivity contribution in [2.75, 3.05) is 40.9 Å². The highest BCUT2D eigenvalue weighted by Gasteiger charge is 2.06. The predicted molar refractivity (Wildman–Crippen MR) is 120 cm³/mol. The van der Waals surface area contributed by atoms with Crippen LogP contribution in [0.5, 0.6) is 5.75 Å². The molecule has 0 saturated carbocycles. The SMILES string of the molecule is COC(=O)CCCC/C=C(\COc1cccc2ccccc12)ONCCCN(C)C. The number of methoxy groups -OCH3 is 1. The van der Waals surface area contributed by atoms with E-state index in [1.165, 1.54) is 7.11 Å². The molecule has 0 radical (unpaired) electrons. The van der Waals surface area contributed by atoms with Gasteiger partial charge in [0.25, 0.3) is 0 Å². The van der Waals surface area contributed by atoms with Crippen molar-refractivity contribution in [1.82, 2.24) is 10.4 Å². The van der Waals surface area contributed by atoms with Crippen LogP contribution < -0.4 is 10.2 Å². The molecule has 0 aliphatic carbocycles. The number of hydrogen-bond donors (Lipinski definition) is 1. The summed E-state index contributed by atoms with van der Waals surface area (Å²) in [5.74, 6) is 1.41. The summed E-state index contributed by atoms with van der Waals surface area (Å²) < 4.78 is 10.8. The van der Waals surface area contributed by atoms with Gasteiger partial charge in [-0.05, 0) is 63.9 Å². The lowest BCUT2D eigenvalue weighted by atomic mass is 10.1. The summed E-state index contributed by atoms with van der Waals surface area (Å²) in [4.78, 5) is 19.2. The number of hydrogen-bond acceptors (Lipinski definition) is 6. The van der Waals surface area contributed by atoms with Crippen LogP contribution in [-0.2, 0) is 14.4 Å². The molecule has 0 bridgehead atoms. The topological polar surface area (TPSA) is 60.0 Å². The number of nitrogens with one attached hydrogen (secondary N) is 1. The fourth-order valence-electron chi connectivity index (χ4n) is 2.99. The van der Waals surface area contributed by atoms with Gasteiger partial charge in [-0.3, -0.25) is 4.79 Å². The van der Waals surface area contributed by atoms with E-state index in [1.54, 1.807) is 0 Å². The number of carbonyl (C=O) groups excluding carboxylic acids is 1.